The summed E-state index contributed by atoms with van der Waals surface area (Å²) in [5.41, 5.74) is 1.46. The van der Waals surface area contributed by atoms with Crippen molar-refractivity contribution in [3.8, 4) is 22.6 Å². The van der Waals surface area contributed by atoms with Crippen molar-refractivity contribution in [3.63, 3.8) is 0 Å². The molecule has 3 nitrogen and oxygen atoms in total. The second-order valence-electron chi connectivity index (χ2n) is 4.32. The molecule has 2 aromatic carbocycles. The fourth-order valence-electron chi connectivity index (χ4n) is 1.97. The number of hydrogen-bond acceptors (Lipinski definition) is 3. The number of methoxy groups -OCH3 is 2. The zero-order valence-corrected chi connectivity index (χ0v) is 11.6. The first-order valence-corrected chi connectivity index (χ1v) is 6.09. The highest BCUT2D eigenvalue weighted by atomic mass is 19.1. The Morgan fingerprint density at radius 1 is 1.00 bits per heavy atom. The van der Waals surface area contributed by atoms with Crippen LogP contribution in [0.3, 0.4) is 0 Å². The van der Waals surface area contributed by atoms with Crippen LogP contribution in [-0.4, -0.2) is 20.0 Å². The van der Waals surface area contributed by atoms with E-state index in [2.05, 4.69) is 0 Å². The summed E-state index contributed by atoms with van der Waals surface area (Å²) in [6.07, 6.45) is 0. The largest absolute Gasteiger partial charge is 0.493 e. The minimum Gasteiger partial charge on any atom is -0.493 e. The van der Waals surface area contributed by atoms with E-state index in [0.29, 0.717) is 28.2 Å². The topological polar surface area (TPSA) is 35.5 Å². The predicted octanol–water partition coefficient (Wildman–Crippen LogP) is 3.71. The quantitative estimate of drug-likeness (QED) is 0.797. The second kappa shape index (κ2) is 5.74. The third-order valence-electron chi connectivity index (χ3n) is 3.07. The SMILES string of the molecule is COc1ccc(-c2cc(C(C)=O)ccc2F)cc1OC. The molecule has 0 heterocycles. The Morgan fingerprint density at radius 2 is 1.70 bits per heavy atom. The van der Waals surface area contributed by atoms with Gasteiger partial charge in [0.1, 0.15) is 5.82 Å². The third kappa shape index (κ3) is 2.64. The highest BCUT2D eigenvalue weighted by Crippen LogP contribution is 2.33. The lowest BCUT2D eigenvalue weighted by Gasteiger charge is -2.11. The second-order valence-corrected chi connectivity index (χ2v) is 4.32. The fourth-order valence-corrected chi connectivity index (χ4v) is 1.97. The van der Waals surface area contributed by atoms with Gasteiger partial charge < -0.3 is 9.47 Å². The van der Waals surface area contributed by atoms with Gasteiger partial charge in [0.05, 0.1) is 14.2 Å². The van der Waals surface area contributed by atoms with Crippen molar-refractivity contribution in [1.29, 1.82) is 0 Å². The number of ether oxygens (including phenoxy) is 2. The molecule has 0 aliphatic heterocycles. The van der Waals surface area contributed by atoms with E-state index in [1.807, 2.05) is 0 Å². The minimum atomic E-state index is -0.387. The molecule has 2 rings (SSSR count). The molecule has 0 aromatic heterocycles. The smallest absolute Gasteiger partial charge is 0.161 e. The lowest BCUT2D eigenvalue weighted by molar-refractivity contribution is 0.101. The Labute approximate surface area is 117 Å². The average molecular weight is 274 g/mol. The van der Waals surface area contributed by atoms with Gasteiger partial charge in [-0.1, -0.05) is 6.07 Å². The summed E-state index contributed by atoms with van der Waals surface area (Å²) in [6, 6.07) is 9.42. The number of ketones is 1. The summed E-state index contributed by atoms with van der Waals surface area (Å²) in [6.45, 7) is 1.45. The van der Waals surface area contributed by atoms with Crippen molar-refractivity contribution in [1.82, 2.24) is 0 Å². The van der Waals surface area contributed by atoms with Gasteiger partial charge in [-0.3, -0.25) is 4.79 Å². The Hall–Kier alpha value is -2.36. The number of rotatable bonds is 4. The fraction of sp³-hybridized carbons (Fsp3) is 0.188. The highest BCUT2D eigenvalue weighted by Gasteiger charge is 2.11. The number of halogens is 1. The Kier molecular flexibility index (Phi) is 4.03. The molecule has 104 valence electrons. The van der Waals surface area contributed by atoms with Gasteiger partial charge in [-0.2, -0.15) is 0 Å². The maximum Gasteiger partial charge on any atom is 0.161 e. The summed E-state index contributed by atoms with van der Waals surface area (Å²) in [4.78, 5) is 11.4. The standard InChI is InChI=1S/C16H15FO3/c1-10(18)11-4-6-14(17)13(8-11)12-5-7-15(19-2)16(9-12)20-3/h4-9H,1-3H3. The molecule has 0 saturated heterocycles. The van der Waals surface area contributed by atoms with Crippen LogP contribution in [-0.2, 0) is 0 Å². The van der Waals surface area contributed by atoms with E-state index in [0.717, 1.165) is 0 Å². The highest BCUT2D eigenvalue weighted by molar-refractivity contribution is 5.95. The number of benzene rings is 2. The van der Waals surface area contributed by atoms with Crippen LogP contribution in [0, 0.1) is 5.82 Å². The zero-order valence-electron chi connectivity index (χ0n) is 11.6. The molecule has 0 bridgehead atoms. The van der Waals surface area contributed by atoms with E-state index in [1.165, 1.54) is 33.3 Å². The molecule has 0 radical (unpaired) electrons. The maximum absolute atomic E-state index is 14.0. The molecule has 0 atom stereocenters. The molecule has 0 fully saturated rings. The van der Waals surface area contributed by atoms with E-state index in [4.69, 9.17) is 9.47 Å². The van der Waals surface area contributed by atoms with Crippen molar-refractivity contribution in [2.45, 2.75) is 6.92 Å². The number of carbonyl (C=O) groups is 1. The molecule has 0 spiro atoms. The number of carbonyl (C=O) groups excluding carboxylic acids is 1. The van der Waals surface area contributed by atoms with Crippen molar-refractivity contribution >= 4 is 5.78 Å². The summed E-state index contributed by atoms with van der Waals surface area (Å²) < 4.78 is 24.3. The molecule has 0 amide bonds. The molecule has 0 N–H and O–H groups in total. The van der Waals surface area contributed by atoms with Crippen LogP contribution in [0.15, 0.2) is 36.4 Å². The molecular weight excluding hydrogens is 259 g/mol. The van der Waals surface area contributed by atoms with Crippen molar-refractivity contribution in [2.24, 2.45) is 0 Å². The first-order chi connectivity index (χ1) is 9.56. The lowest BCUT2D eigenvalue weighted by Crippen LogP contribution is -1.95. The maximum atomic E-state index is 14.0. The van der Waals surface area contributed by atoms with Crippen LogP contribution < -0.4 is 9.47 Å². The van der Waals surface area contributed by atoms with Crippen LogP contribution in [0.5, 0.6) is 11.5 Å². The monoisotopic (exact) mass is 274 g/mol. The van der Waals surface area contributed by atoms with Gasteiger partial charge in [0.15, 0.2) is 17.3 Å². The van der Waals surface area contributed by atoms with E-state index in [1.54, 1.807) is 24.3 Å². The molecule has 2 aromatic rings. The molecular formula is C16H15FO3. The predicted molar refractivity (Wildman–Crippen MR) is 74.9 cm³/mol. The van der Waals surface area contributed by atoms with Gasteiger partial charge in [0, 0.05) is 11.1 Å². The summed E-state index contributed by atoms with van der Waals surface area (Å²) in [5.74, 6) is 0.589. The molecule has 20 heavy (non-hydrogen) atoms. The summed E-state index contributed by atoms with van der Waals surface area (Å²) >= 11 is 0. The third-order valence-corrected chi connectivity index (χ3v) is 3.07. The van der Waals surface area contributed by atoms with Crippen LogP contribution in [0.2, 0.25) is 0 Å². The van der Waals surface area contributed by atoms with Crippen molar-refractivity contribution in [2.75, 3.05) is 14.2 Å². The van der Waals surface area contributed by atoms with Gasteiger partial charge in [0.2, 0.25) is 0 Å². The number of hydrogen-bond donors (Lipinski definition) is 0. The van der Waals surface area contributed by atoms with E-state index < -0.39 is 0 Å². The summed E-state index contributed by atoms with van der Waals surface area (Å²) in [7, 11) is 3.05. The molecule has 0 unspecified atom stereocenters. The lowest BCUT2D eigenvalue weighted by atomic mass is 10.0. The molecule has 4 heteroatoms. The summed E-state index contributed by atoms with van der Waals surface area (Å²) in [5, 5.41) is 0. The molecule has 0 aliphatic carbocycles. The van der Waals surface area contributed by atoms with Gasteiger partial charge >= 0.3 is 0 Å². The van der Waals surface area contributed by atoms with Gasteiger partial charge in [-0.25, -0.2) is 4.39 Å². The van der Waals surface area contributed by atoms with Crippen LogP contribution in [0.25, 0.3) is 11.1 Å². The van der Waals surface area contributed by atoms with Gasteiger partial charge in [-0.15, -0.1) is 0 Å². The van der Waals surface area contributed by atoms with Crippen LogP contribution in [0.4, 0.5) is 4.39 Å². The average Bonchev–Trinajstić information content (AvgIpc) is 2.46. The van der Waals surface area contributed by atoms with E-state index >= 15 is 0 Å². The zero-order chi connectivity index (χ0) is 14.7. The Morgan fingerprint density at radius 3 is 2.30 bits per heavy atom. The van der Waals surface area contributed by atoms with Crippen molar-refractivity contribution in [3.05, 3.63) is 47.8 Å². The van der Waals surface area contributed by atoms with Crippen LogP contribution >= 0.6 is 0 Å². The Bertz CT molecular complexity index is 650. The first-order valence-electron chi connectivity index (χ1n) is 6.09. The molecule has 0 aliphatic rings. The van der Waals surface area contributed by atoms with E-state index in [9.17, 15) is 9.18 Å². The van der Waals surface area contributed by atoms with Gasteiger partial charge in [0.25, 0.3) is 0 Å². The molecule has 0 saturated carbocycles. The minimum absolute atomic E-state index is 0.105. The van der Waals surface area contributed by atoms with E-state index in [-0.39, 0.29) is 11.6 Å². The van der Waals surface area contributed by atoms with Gasteiger partial charge in [-0.05, 0) is 42.8 Å². The first kappa shape index (κ1) is 14.1. The van der Waals surface area contributed by atoms with Crippen LogP contribution in [0.1, 0.15) is 17.3 Å². The normalized spacial score (nSPS) is 10.2. The Balaban J connectivity index is 2.56. The number of Topliss-reactive ketones (excluding diaryl/α,β-unsaturated/α-hetero) is 1. The van der Waals surface area contributed by atoms with Crippen molar-refractivity contribution < 1.29 is 18.7 Å².